The van der Waals surface area contributed by atoms with Crippen LogP contribution in [0.3, 0.4) is 0 Å². The molecule has 1 aliphatic carbocycles. The van der Waals surface area contributed by atoms with Gasteiger partial charge in [-0.15, -0.1) is 0 Å². The minimum absolute atomic E-state index is 0.0324. The zero-order chi connectivity index (χ0) is 12.7. The quantitative estimate of drug-likeness (QED) is 0.748. The smallest absolute Gasteiger partial charge is 0.317 e. The Kier molecular flexibility index (Phi) is 5.75. The standard InChI is InChI=1S/C13H26N2O2/c1-3-8-15(9-10-16)12(17)14-11-13(2)6-4-5-7-13/h16H,3-11H2,1-2H3,(H,14,17). The second-order valence-corrected chi connectivity index (χ2v) is 5.39. The molecule has 1 fully saturated rings. The van der Waals surface area contributed by atoms with Crippen molar-refractivity contribution in [2.45, 2.75) is 46.0 Å². The number of amides is 2. The van der Waals surface area contributed by atoms with Crippen LogP contribution in [0.1, 0.15) is 46.0 Å². The van der Waals surface area contributed by atoms with Gasteiger partial charge in [-0.25, -0.2) is 4.79 Å². The van der Waals surface area contributed by atoms with E-state index in [1.165, 1.54) is 25.7 Å². The SMILES string of the molecule is CCCN(CCO)C(=O)NCC1(C)CCCC1. The number of aliphatic hydroxyl groups is 1. The summed E-state index contributed by atoms with van der Waals surface area (Å²) in [7, 11) is 0. The summed E-state index contributed by atoms with van der Waals surface area (Å²) >= 11 is 0. The summed E-state index contributed by atoms with van der Waals surface area (Å²) in [5, 5.41) is 11.9. The summed E-state index contributed by atoms with van der Waals surface area (Å²) in [4.78, 5) is 13.6. The van der Waals surface area contributed by atoms with E-state index in [-0.39, 0.29) is 18.1 Å². The van der Waals surface area contributed by atoms with Crippen LogP contribution in [-0.4, -0.2) is 42.3 Å². The molecule has 0 heterocycles. The van der Waals surface area contributed by atoms with E-state index in [4.69, 9.17) is 5.11 Å². The second kappa shape index (κ2) is 6.84. The van der Waals surface area contributed by atoms with Gasteiger partial charge in [-0.2, -0.15) is 0 Å². The molecule has 0 aromatic rings. The third-order valence-corrected chi connectivity index (χ3v) is 3.63. The first-order chi connectivity index (χ1) is 8.11. The van der Waals surface area contributed by atoms with E-state index in [9.17, 15) is 4.79 Å². The lowest BCUT2D eigenvalue weighted by atomic mass is 9.89. The van der Waals surface area contributed by atoms with Crippen molar-refractivity contribution in [2.24, 2.45) is 5.41 Å². The van der Waals surface area contributed by atoms with E-state index in [2.05, 4.69) is 12.2 Å². The van der Waals surface area contributed by atoms with Crippen LogP contribution in [0.5, 0.6) is 0 Å². The molecule has 0 aliphatic heterocycles. The number of carbonyl (C=O) groups excluding carboxylic acids is 1. The molecule has 0 aromatic carbocycles. The van der Waals surface area contributed by atoms with Crippen LogP contribution in [0.4, 0.5) is 4.79 Å². The van der Waals surface area contributed by atoms with Crippen molar-refractivity contribution in [2.75, 3.05) is 26.2 Å². The molecule has 100 valence electrons. The maximum Gasteiger partial charge on any atom is 0.317 e. The van der Waals surface area contributed by atoms with E-state index < -0.39 is 0 Å². The fraction of sp³-hybridized carbons (Fsp3) is 0.923. The van der Waals surface area contributed by atoms with Crippen LogP contribution in [0.25, 0.3) is 0 Å². The molecule has 4 heteroatoms. The van der Waals surface area contributed by atoms with Gasteiger partial charge in [-0.05, 0) is 24.7 Å². The Morgan fingerprint density at radius 2 is 2.00 bits per heavy atom. The predicted molar refractivity (Wildman–Crippen MR) is 68.9 cm³/mol. The van der Waals surface area contributed by atoms with Crippen molar-refractivity contribution in [1.82, 2.24) is 10.2 Å². The number of hydrogen-bond acceptors (Lipinski definition) is 2. The highest BCUT2D eigenvalue weighted by Gasteiger charge is 2.29. The summed E-state index contributed by atoms with van der Waals surface area (Å²) in [6.45, 7) is 6.22. The van der Waals surface area contributed by atoms with E-state index in [0.717, 1.165) is 13.0 Å². The fourth-order valence-corrected chi connectivity index (χ4v) is 2.51. The summed E-state index contributed by atoms with van der Waals surface area (Å²) in [6.07, 6.45) is 5.90. The van der Waals surface area contributed by atoms with Crippen molar-refractivity contribution < 1.29 is 9.90 Å². The van der Waals surface area contributed by atoms with E-state index in [0.29, 0.717) is 13.1 Å². The molecule has 0 spiro atoms. The minimum atomic E-state index is -0.0333. The number of urea groups is 1. The lowest BCUT2D eigenvalue weighted by Crippen LogP contribution is -2.45. The van der Waals surface area contributed by atoms with Gasteiger partial charge in [0.2, 0.25) is 0 Å². The monoisotopic (exact) mass is 242 g/mol. The van der Waals surface area contributed by atoms with E-state index in [1.54, 1.807) is 4.90 Å². The highest BCUT2D eigenvalue weighted by atomic mass is 16.3. The molecule has 0 unspecified atom stereocenters. The number of rotatable bonds is 6. The van der Waals surface area contributed by atoms with Gasteiger partial charge < -0.3 is 15.3 Å². The van der Waals surface area contributed by atoms with Gasteiger partial charge in [0.25, 0.3) is 0 Å². The summed E-state index contributed by atoms with van der Waals surface area (Å²) < 4.78 is 0. The molecular weight excluding hydrogens is 216 g/mol. The molecule has 0 bridgehead atoms. The third kappa shape index (κ3) is 4.54. The van der Waals surface area contributed by atoms with Crippen LogP contribution in [-0.2, 0) is 0 Å². The Morgan fingerprint density at radius 3 is 2.53 bits per heavy atom. The first kappa shape index (κ1) is 14.3. The van der Waals surface area contributed by atoms with Gasteiger partial charge in [0, 0.05) is 19.6 Å². The van der Waals surface area contributed by atoms with Crippen molar-refractivity contribution >= 4 is 6.03 Å². The Labute approximate surface area is 104 Å². The summed E-state index contributed by atoms with van der Waals surface area (Å²) in [6, 6.07) is -0.0333. The molecule has 0 aromatic heterocycles. The highest BCUT2D eigenvalue weighted by molar-refractivity contribution is 5.74. The van der Waals surface area contributed by atoms with E-state index in [1.807, 2.05) is 6.92 Å². The third-order valence-electron chi connectivity index (χ3n) is 3.63. The molecule has 2 amide bonds. The maximum atomic E-state index is 11.9. The zero-order valence-corrected chi connectivity index (χ0v) is 11.2. The molecule has 4 nitrogen and oxygen atoms in total. The highest BCUT2D eigenvalue weighted by Crippen LogP contribution is 2.36. The topological polar surface area (TPSA) is 52.6 Å². The van der Waals surface area contributed by atoms with Gasteiger partial charge >= 0.3 is 6.03 Å². The van der Waals surface area contributed by atoms with E-state index >= 15 is 0 Å². The minimum Gasteiger partial charge on any atom is -0.395 e. The second-order valence-electron chi connectivity index (χ2n) is 5.39. The molecule has 1 rings (SSSR count). The molecular formula is C13H26N2O2. The Bertz CT molecular complexity index is 232. The maximum absolute atomic E-state index is 11.9. The number of carbonyl (C=O) groups is 1. The fourth-order valence-electron chi connectivity index (χ4n) is 2.51. The lowest BCUT2D eigenvalue weighted by Gasteiger charge is -2.27. The Balaban J connectivity index is 2.35. The molecule has 1 saturated carbocycles. The first-order valence-corrected chi connectivity index (χ1v) is 6.75. The molecule has 0 saturated heterocycles. The van der Waals surface area contributed by atoms with Crippen LogP contribution in [0, 0.1) is 5.41 Å². The van der Waals surface area contributed by atoms with Crippen molar-refractivity contribution in [3.63, 3.8) is 0 Å². The zero-order valence-electron chi connectivity index (χ0n) is 11.2. The first-order valence-electron chi connectivity index (χ1n) is 6.75. The molecule has 0 atom stereocenters. The van der Waals surface area contributed by atoms with Crippen molar-refractivity contribution in [3.8, 4) is 0 Å². The van der Waals surface area contributed by atoms with Crippen molar-refractivity contribution in [1.29, 1.82) is 0 Å². The molecule has 17 heavy (non-hydrogen) atoms. The van der Waals surface area contributed by atoms with Gasteiger partial charge in [0.05, 0.1) is 6.61 Å². The Morgan fingerprint density at radius 1 is 1.35 bits per heavy atom. The van der Waals surface area contributed by atoms with Gasteiger partial charge in [-0.3, -0.25) is 0 Å². The number of hydrogen-bond donors (Lipinski definition) is 2. The average Bonchev–Trinajstić information content (AvgIpc) is 2.73. The lowest BCUT2D eigenvalue weighted by molar-refractivity contribution is 0.172. The number of nitrogens with zero attached hydrogens (tertiary/aromatic N) is 1. The number of nitrogens with one attached hydrogen (secondary N) is 1. The van der Waals surface area contributed by atoms with Crippen LogP contribution in [0.2, 0.25) is 0 Å². The Hall–Kier alpha value is -0.770. The molecule has 1 aliphatic rings. The summed E-state index contributed by atoms with van der Waals surface area (Å²) in [5.41, 5.74) is 0.284. The largest absolute Gasteiger partial charge is 0.395 e. The normalized spacial score (nSPS) is 18.1. The molecule has 2 N–H and O–H groups in total. The van der Waals surface area contributed by atoms with Gasteiger partial charge in [0.15, 0.2) is 0 Å². The van der Waals surface area contributed by atoms with Crippen molar-refractivity contribution in [3.05, 3.63) is 0 Å². The van der Waals surface area contributed by atoms with Crippen LogP contribution >= 0.6 is 0 Å². The number of aliphatic hydroxyl groups excluding tert-OH is 1. The predicted octanol–water partition coefficient (Wildman–Crippen LogP) is 1.98. The van der Waals surface area contributed by atoms with Gasteiger partial charge in [0.1, 0.15) is 0 Å². The summed E-state index contributed by atoms with van der Waals surface area (Å²) in [5.74, 6) is 0. The molecule has 0 radical (unpaired) electrons. The average molecular weight is 242 g/mol. The van der Waals surface area contributed by atoms with Gasteiger partial charge in [-0.1, -0.05) is 26.7 Å². The van der Waals surface area contributed by atoms with Crippen LogP contribution in [0.15, 0.2) is 0 Å². The van der Waals surface area contributed by atoms with Crippen LogP contribution < -0.4 is 5.32 Å².